The zero-order chi connectivity index (χ0) is 12.2. The van der Waals surface area contributed by atoms with E-state index < -0.39 is 0 Å². The van der Waals surface area contributed by atoms with E-state index in [1.165, 1.54) is 18.4 Å². The minimum absolute atomic E-state index is 0.418. The highest BCUT2D eigenvalue weighted by atomic mass is 15.0. The van der Waals surface area contributed by atoms with Crippen LogP contribution in [0.4, 0.5) is 0 Å². The van der Waals surface area contributed by atoms with Gasteiger partial charge in [-0.05, 0) is 36.5 Å². The summed E-state index contributed by atoms with van der Waals surface area (Å²) in [5.74, 6) is 0. The molecule has 1 N–H and O–H groups in total. The molecule has 0 atom stereocenters. The van der Waals surface area contributed by atoms with Crippen molar-refractivity contribution in [3.63, 3.8) is 0 Å². The molecule has 90 valence electrons. The standard InChI is InChI=1S/C11H13N.2C2H6/c1-8-3-2-4-10-9(8)7-12-11(10)5-6-11;2*1-2/h2-4,12H,5-7H2,1H3;2*1-2H3. The molecule has 1 aliphatic carbocycles. The van der Waals surface area contributed by atoms with Gasteiger partial charge in [0.05, 0.1) is 0 Å². The molecule has 1 fully saturated rings. The molecule has 1 heterocycles. The van der Waals surface area contributed by atoms with Crippen molar-refractivity contribution in [3.8, 4) is 0 Å². The molecule has 0 unspecified atom stereocenters. The summed E-state index contributed by atoms with van der Waals surface area (Å²) in [7, 11) is 0. The molecule has 0 bridgehead atoms. The van der Waals surface area contributed by atoms with Crippen molar-refractivity contribution in [2.24, 2.45) is 0 Å². The molecule has 0 saturated heterocycles. The summed E-state index contributed by atoms with van der Waals surface area (Å²) in [6.45, 7) is 11.3. The Bertz CT molecular complexity index is 337. The van der Waals surface area contributed by atoms with Crippen molar-refractivity contribution in [2.45, 2.75) is 59.5 Å². The van der Waals surface area contributed by atoms with Gasteiger partial charge in [-0.2, -0.15) is 0 Å². The summed E-state index contributed by atoms with van der Waals surface area (Å²) in [4.78, 5) is 0. The Hall–Kier alpha value is -0.820. The molecule has 1 aliphatic heterocycles. The van der Waals surface area contributed by atoms with Crippen molar-refractivity contribution >= 4 is 0 Å². The molecule has 1 aromatic carbocycles. The minimum Gasteiger partial charge on any atom is -0.303 e. The van der Waals surface area contributed by atoms with Crippen LogP contribution in [0.1, 0.15) is 57.2 Å². The highest BCUT2D eigenvalue weighted by molar-refractivity contribution is 5.45. The van der Waals surface area contributed by atoms with Crippen LogP contribution in [0.3, 0.4) is 0 Å². The first kappa shape index (κ1) is 13.2. The van der Waals surface area contributed by atoms with E-state index in [9.17, 15) is 0 Å². The molecule has 0 radical (unpaired) electrons. The van der Waals surface area contributed by atoms with Gasteiger partial charge < -0.3 is 5.32 Å². The molecule has 0 amide bonds. The SMILES string of the molecule is CC.CC.Cc1cccc2c1CNC21CC1. The summed E-state index contributed by atoms with van der Waals surface area (Å²) in [6, 6.07) is 6.68. The maximum atomic E-state index is 3.61. The zero-order valence-electron chi connectivity index (χ0n) is 11.4. The van der Waals surface area contributed by atoms with E-state index in [1.807, 2.05) is 27.7 Å². The van der Waals surface area contributed by atoms with Gasteiger partial charge in [0.25, 0.3) is 0 Å². The molecule has 3 rings (SSSR count). The van der Waals surface area contributed by atoms with Gasteiger partial charge in [0, 0.05) is 12.1 Å². The number of hydrogen-bond acceptors (Lipinski definition) is 1. The summed E-state index contributed by atoms with van der Waals surface area (Å²) >= 11 is 0. The molecule has 2 aliphatic rings. The van der Waals surface area contributed by atoms with Gasteiger partial charge in [-0.3, -0.25) is 0 Å². The smallest absolute Gasteiger partial charge is 0.0442 e. The highest BCUT2D eigenvalue weighted by Gasteiger charge is 2.48. The predicted molar refractivity (Wildman–Crippen MR) is 71.6 cm³/mol. The number of nitrogens with one attached hydrogen (secondary N) is 1. The highest BCUT2D eigenvalue weighted by Crippen LogP contribution is 2.50. The molecular formula is C15H25N. The van der Waals surface area contributed by atoms with Gasteiger partial charge >= 0.3 is 0 Å². The second-order valence-corrected chi connectivity index (χ2v) is 4.04. The third kappa shape index (κ3) is 2.15. The lowest BCUT2D eigenvalue weighted by molar-refractivity contribution is 0.574. The van der Waals surface area contributed by atoms with Crippen LogP contribution in [-0.4, -0.2) is 0 Å². The maximum absolute atomic E-state index is 3.61. The molecule has 1 heteroatoms. The zero-order valence-corrected chi connectivity index (χ0v) is 11.4. The van der Waals surface area contributed by atoms with Crippen LogP contribution in [0.2, 0.25) is 0 Å². The fraction of sp³-hybridized carbons (Fsp3) is 0.600. The maximum Gasteiger partial charge on any atom is 0.0442 e. The van der Waals surface area contributed by atoms with Gasteiger partial charge in [-0.25, -0.2) is 0 Å². The van der Waals surface area contributed by atoms with Crippen LogP contribution in [0, 0.1) is 6.92 Å². The lowest BCUT2D eigenvalue weighted by Crippen LogP contribution is -2.19. The first-order chi connectivity index (χ1) is 7.82. The predicted octanol–water partition coefficient (Wildman–Crippen LogP) is 4.14. The van der Waals surface area contributed by atoms with E-state index >= 15 is 0 Å². The number of rotatable bonds is 0. The molecule has 1 spiro atoms. The van der Waals surface area contributed by atoms with Gasteiger partial charge in [0.15, 0.2) is 0 Å². The number of fused-ring (bicyclic) bond motifs is 2. The average Bonchev–Trinajstić information content (AvgIpc) is 3.03. The second-order valence-electron chi connectivity index (χ2n) is 4.04. The van der Waals surface area contributed by atoms with Crippen molar-refractivity contribution in [1.29, 1.82) is 0 Å². The quantitative estimate of drug-likeness (QED) is 0.691. The Morgan fingerprint density at radius 2 is 1.69 bits per heavy atom. The van der Waals surface area contributed by atoms with Crippen molar-refractivity contribution in [1.82, 2.24) is 5.32 Å². The Labute approximate surface area is 100 Å². The van der Waals surface area contributed by atoms with E-state index in [2.05, 4.69) is 30.4 Å². The average molecular weight is 219 g/mol. The van der Waals surface area contributed by atoms with E-state index in [0.717, 1.165) is 6.54 Å². The summed E-state index contributed by atoms with van der Waals surface area (Å²) in [5.41, 5.74) is 4.99. The first-order valence-electron chi connectivity index (χ1n) is 6.66. The fourth-order valence-electron chi connectivity index (χ4n) is 2.31. The van der Waals surface area contributed by atoms with Crippen LogP contribution in [0.5, 0.6) is 0 Å². The van der Waals surface area contributed by atoms with Crippen molar-refractivity contribution < 1.29 is 0 Å². The Balaban J connectivity index is 0.000000291. The van der Waals surface area contributed by atoms with Gasteiger partial charge in [-0.15, -0.1) is 0 Å². The van der Waals surface area contributed by atoms with Crippen LogP contribution >= 0.6 is 0 Å². The van der Waals surface area contributed by atoms with Crippen molar-refractivity contribution in [3.05, 3.63) is 34.9 Å². The van der Waals surface area contributed by atoms with Gasteiger partial charge in [0.1, 0.15) is 0 Å². The molecule has 16 heavy (non-hydrogen) atoms. The van der Waals surface area contributed by atoms with Crippen LogP contribution in [0.15, 0.2) is 18.2 Å². The van der Waals surface area contributed by atoms with Crippen LogP contribution in [0.25, 0.3) is 0 Å². The van der Waals surface area contributed by atoms with Gasteiger partial charge in [0.2, 0.25) is 0 Å². The van der Waals surface area contributed by atoms with Crippen LogP contribution < -0.4 is 5.32 Å². The van der Waals surface area contributed by atoms with Crippen molar-refractivity contribution in [2.75, 3.05) is 0 Å². The Morgan fingerprint density at radius 1 is 1.06 bits per heavy atom. The normalized spacial score (nSPS) is 17.8. The first-order valence-corrected chi connectivity index (χ1v) is 6.66. The lowest BCUT2D eigenvalue weighted by Gasteiger charge is -2.08. The number of aryl methyl sites for hydroxylation is 1. The third-order valence-corrected chi connectivity index (χ3v) is 3.28. The fourth-order valence-corrected chi connectivity index (χ4v) is 2.31. The molecule has 1 nitrogen and oxygen atoms in total. The largest absolute Gasteiger partial charge is 0.303 e. The van der Waals surface area contributed by atoms with E-state index in [1.54, 1.807) is 11.1 Å². The summed E-state index contributed by atoms with van der Waals surface area (Å²) in [6.07, 6.45) is 2.67. The second kappa shape index (κ2) is 5.49. The van der Waals surface area contributed by atoms with E-state index in [0.29, 0.717) is 5.54 Å². The molecule has 0 aromatic heterocycles. The number of hydrogen-bond donors (Lipinski definition) is 1. The monoisotopic (exact) mass is 219 g/mol. The lowest BCUT2D eigenvalue weighted by atomic mass is 10.00. The summed E-state index contributed by atoms with van der Waals surface area (Å²) in [5, 5.41) is 3.61. The Kier molecular flexibility index (Phi) is 4.55. The molecule has 1 aromatic rings. The molecular weight excluding hydrogens is 194 g/mol. The molecule has 1 saturated carbocycles. The number of benzene rings is 1. The summed E-state index contributed by atoms with van der Waals surface area (Å²) < 4.78 is 0. The minimum atomic E-state index is 0.418. The Morgan fingerprint density at radius 3 is 2.25 bits per heavy atom. The topological polar surface area (TPSA) is 12.0 Å². The third-order valence-electron chi connectivity index (χ3n) is 3.28. The van der Waals surface area contributed by atoms with E-state index in [-0.39, 0.29) is 0 Å². The van der Waals surface area contributed by atoms with Gasteiger partial charge in [-0.1, -0.05) is 45.9 Å². The van der Waals surface area contributed by atoms with E-state index in [4.69, 9.17) is 0 Å². The van der Waals surface area contributed by atoms with Crippen LogP contribution in [-0.2, 0) is 12.1 Å².